The third kappa shape index (κ3) is 3.72. The Morgan fingerprint density at radius 3 is 2.42 bits per heavy atom. The molecule has 0 atom stereocenters. The molecular weight excluding hydrogens is 400 g/mol. The Morgan fingerprint density at radius 2 is 1.77 bits per heavy atom. The Hall–Kier alpha value is -2.41. The number of thiophene rings is 1. The van der Waals surface area contributed by atoms with Crippen LogP contribution in [0.3, 0.4) is 0 Å². The molecule has 0 bridgehead atoms. The predicted molar refractivity (Wildman–Crippen MR) is 101 cm³/mol. The Kier molecular flexibility index (Phi) is 5.27. The van der Waals surface area contributed by atoms with Crippen molar-refractivity contribution < 1.29 is 19.1 Å². The summed E-state index contributed by atoms with van der Waals surface area (Å²) in [6.07, 6.45) is 0. The van der Waals surface area contributed by atoms with E-state index in [4.69, 9.17) is 23.2 Å². The summed E-state index contributed by atoms with van der Waals surface area (Å²) in [6.45, 7) is 0. The van der Waals surface area contributed by atoms with Crippen molar-refractivity contribution in [2.75, 3.05) is 5.32 Å². The molecule has 2 N–H and O–H groups in total. The minimum Gasteiger partial charge on any atom is -0.478 e. The summed E-state index contributed by atoms with van der Waals surface area (Å²) in [4.78, 5) is 24.1. The molecule has 0 saturated carbocycles. The van der Waals surface area contributed by atoms with E-state index < -0.39 is 17.7 Å². The second kappa shape index (κ2) is 7.45. The van der Waals surface area contributed by atoms with E-state index in [0.717, 1.165) is 23.5 Å². The molecule has 0 radical (unpaired) electrons. The zero-order valence-electron chi connectivity index (χ0n) is 12.9. The highest BCUT2D eigenvalue weighted by Crippen LogP contribution is 2.36. The van der Waals surface area contributed by atoms with E-state index in [9.17, 15) is 19.1 Å². The summed E-state index contributed by atoms with van der Waals surface area (Å²) in [5, 5.41) is 14.4. The molecule has 0 spiro atoms. The summed E-state index contributed by atoms with van der Waals surface area (Å²) in [6, 6.07) is 10.0. The van der Waals surface area contributed by atoms with Crippen LogP contribution in [-0.2, 0) is 0 Å². The van der Waals surface area contributed by atoms with Crippen LogP contribution in [0.2, 0.25) is 10.0 Å². The zero-order valence-corrected chi connectivity index (χ0v) is 15.3. The lowest BCUT2D eigenvalue weighted by Gasteiger charge is -2.07. The van der Waals surface area contributed by atoms with Crippen LogP contribution in [0.25, 0.3) is 11.1 Å². The molecule has 2 aromatic carbocycles. The summed E-state index contributed by atoms with van der Waals surface area (Å²) < 4.78 is 13.4. The highest BCUT2D eigenvalue weighted by atomic mass is 35.5. The van der Waals surface area contributed by atoms with E-state index in [0.29, 0.717) is 16.1 Å². The van der Waals surface area contributed by atoms with Gasteiger partial charge >= 0.3 is 5.97 Å². The lowest BCUT2D eigenvalue weighted by Crippen LogP contribution is -2.14. The van der Waals surface area contributed by atoms with Gasteiger partial charge in [-0.3, -0.25) is 4.79 Å². The lowest BCUT2D eigenvalue weighted by molar-refractivity contribution is 0.0699. The molecule has 1 aromatic heterocycles. The van der Waals surface area contributed by atoms with Crippen LogP contribution < -0.4 is 5.32 Å². The van der Waals surface area contributed by atoms with E-state index in [-0.39, 0.29) is 21.2 Å². The fourth-order valence-electron chi connectivity index (χ4n) is 2.35. The molecule has 132 valence electrons. The largest absolute Gasteiger partial charge is 0.478 e. The maximum absolute atomic E-state index is 13.4. The van der Waals surface area contributed by atoms with Crippen LogP contribution in [0.5, 0.6) is 0 Å². The van der Waals surface area contributed by atoms with Crippen LogP contribution in [0.15, 0.2) is 47.8 Å². The van der Waals surface area contributed by atoms with Crippen molar-refractivity contribution in [1.29, 1.82) is 0 Å². The molecule has 4 nitrogen and oxygen atoms in total. The average Bonchev–Trinajstić information content (AvgIpc) is 3.01. The van der Waals surface area contributed by atoms with Gasteiger partial charge < -0.3 is 10.4 Å². The highest BCUT2D eigenvalue weighted by molar-refractivity contribution is 7.15. The third-order valence-corrected chi connectivity index (χ3v) is 5.04. The number of hydrogen-bond acceptors (Lipinski definition) is 3. The number of rotatable bonds is 4. The number of anilines is 1. The van der Waals surface area contributed by atoms with Crippen LogP contribution in [-0.4, -0.2) is 17.0 Å². The summed E-state index contributed by atoms with van der Waals surface area (Å²) in [5.41, 5.74) is 0.954. The van der Waals surface area contributed by atoms with Gasteiger partial charge in [-0.25, -0.2) is 9.18 Å². The summed E-state index contributed by atoms with van der Waals surface area (Å²) in [7, 11) is 0. The Bertz CT molecular complexity index is 1000. The lowest BCUT2D eigenvalue weighted by atomic mass is 10.0. The molecule has 0 aliphatic rings. The molecule has 0 aliphatic carbocycles. The first-order valence-electron chi connectivity index (χ1n) is 7.24. The number of hydrogen-bond donors (Lipinski definition) is 2. The van der Waals surface area contributed by atoms with Gasteiger partial charge in [0.25, 0.3) is 5.91 Å². The van der Waals surface area contributed by atoms with Gasteiger partial charge in [0.2, 0.25) is 0 Å². The van der Waals surface area contributed by atoms with Gasteiger partial charge in [0.15, 0.2) is 0 Å². The number of aromatic carboxylic acids is 1. The molecule has 3 aromatic rings. The van der Waals surface area contributed by atoms with Crippen LogP contribution in [0.4, 0.5) is 9.39 Å². The Labute approximate surface area is 161 Å². The van der Waals surface area contributed by atoms with Gasteiger partial charge in [0.1, 0.15) is 16.4 Å². The maximum atomic E-state index is 13.4. The third-order valence-electron chi connectivity index (χ3n) is 3.56. The fourth-order valence-corrected chi connectivity index (χ4v) is 3.63. The average molecular weight is 410 g/mol. The predicted octanol–water partition coefficient (Wildman–Crippen LogP) is 5.81. The van der Waals surface area contributed by atoms with Gasteiger partial charge in [0.05, 0.1) is 10.6 Å². The zero-order chi connectivity index (χ0) is 18.8. The van der Waals surface area contributed by atoms with Gasteiger partial charge in [0, 0.05) is 16.0 Å². The first kappa shape index (κ1) is 18.4. The molecule has 0 aliphatic heterocycles. The second-order valence-corrected chi connectivity index (χ2v) is 6.97. The minimum atomic E-state index is -1.20. The fraction of sp³-hybridized carbons (Fsp3) is 0. The van der Waals surface area contributed by atoms with E-state index in [1.54, 1.807) is 29.6 Å². The molecule has 0 fully saturated rings. The number of benzene rings is 2. The first-order chi connectivity index (χ1) is 12.4. The van der Waals surface area contributed by atoms with Gasteiger partial charge in [-0.15, -0.1) is 11.3 Å². The quantitative estimate of drug-likeness (QED) is 0.570. The minimum absolute atomic E-state index is 0.0572. The second-order valence-electron chi connectivity index (χ2n) is 5.24. The monoisotopic (exact) mass is 409 g/mol. The van der Waals surface area contributed by atoms with E-state index in [1.807, 2.05) is 0 Å². The van der Waals surface area contributed by atoms with E-state index >= 15 is 0 Å². The van der Waals surface area contributed by atoms with Gasteiger partial charge in [-0.2, -0.15) is 0 Å². The van der Waals surface area contributed by atoms with Crippen molar-refractivity contribution in [3.63, 3.8) is 0 Å². The number of nitrogens with one attached hydrogen (secondary N) is 1. The van der Waals surface area contributed by atoms with Crippen molar-refractivity contribution in [3.8, 4) is 11.1 Å². The van der Waals surface area contributed by atoms with Crippen molar-refractivity contribution in [2.45, 2.75) is 0 Å². The molecular formula is C18H10Cl2FNO3S. The molecule has 1 amide bonds. The van der Waals surface area contributed by atoms with Crippen molar-refractivity contribution >= 4 is 51.4 Å². The molecule has 0 unspecified atom stereocenters. The van der Waals surface area contributed by atoms with Gasteiger partial charge in [-0.05, 0) is 35.9 Å². The standard InChI is InChI=1S/C18H10Cl2FNO3S/c19-10-3-1-9(2-4-10)13-8-26-17(15(13)18(24)25)22-16(23)12-7-11(21)5-6-14(12)20/h1-8H,(H,22,23)(H,24,25). The van der Waals surface area contributed by atoms with Crippen molar-refractivity contribution in [1.82, 2.24) is 0 Å². The van der Waals surface area contributed by atoms with Crippen LogP contribution in [0.1, 0.15) is 20.7 Å². The number of halogens is 3. The SMILES string of the molecule is O=C(Nc1scc(-c2ccc(Cl)cc2)c1C(=O)O)c1cc(F)ccc1Cl. The Balaban J connectivity index is 1.98. The topological polar surface area (TPSA) is 66.4 Å². The molecule has 3 rings (SSSR count). The van der Waals surface area contributed by atoms with E-state index in [1.165, 1.54) is 6.07 Å². The van der Waals surface area contributed by atoms with E-state index in [2.05, 4.69) is 5.32 Å². The first-order valence-corrected chi connectivity index (χ1v) is 8.87. The number of amides is 1. The van der Waals surface area contributed by atoms with Crippen molar-refractivity contribution in [2.24, 2.45) is 0 Å². The van der Waals surface area contributed by atoms with Crippen molar-refractivity contribution in [3.05, 3.63) is 74.8 Å². The number of carbonyl (C=O) groups is 2. The molecule has 8 heteroatoms. The molecule has 0 saturated heterocycles. The Morgan fingerprint density at radius 1 is 1.08 bits per heavy atom. The molecule has 1 heterocycles. The van der Waals surface area contributed by atoms with Crippen LogP contribution in [0, 0.1) is 5.82 Å². The number of carbonyl (C=O) groups excluding carboxylic acids is 1. The maximum Gasteiger partial charge on any atom is 0.339 e. The highest BCUT2D eigenvalue weighted by Gasteiger charge is 2.22. The van der Waals surface area contributed by atoms with Crippen LogP contribution >= 0.6 is 34.5 Å². The molecule has 26 heavy (non-hydrogen) atoms. The summed E-state index contributed by atoms with van der Waals surface area (Å²) in [5.74, 6) is -2.51. The smallest absolute Gasteiger partial charge is 0.339 e. The number of carboxylic acids is 1. The number of carboxylic acid groups (broad SMARTS) is 1. The van der Waals surface area contributed by atoms with Gasteiger partial charge in [-0.1, -0.05) is 35.3 Å². The normalized spacial score (nSPS) is 10.6. The summed E-state index contributed by atoms with van der Waals surface area (Å²) >= 11 is 12.8.